The van der Waals surface area contributed by atoms with Crippen LogP contribution in [0, 0.1) is 0 Å². The number of anilines is 1. The fourth-order valence-corrected chi connectivity index (χ4v) is 1.60. The van der Waals surface area contributed by atoms with E-state index in [4.69, 9.17) is 0 Å². The molecule has 0 saturated carbocycles. The Labute approximate surface area is 92.5 Å². The van der Waals surface area contributed by atoms with E-state index in [0.29, 0.717) is 17.6 Å². The quantitative estimate of drug-likeness (QED) is 0.766. The highest BCUT2D eigenvalue weighted by Gasteiger charge is 2.10. The van der Waals surface area contributed by atoms with Crippen molar-refractivity contribution in [3.05, 3.63) is 30.4 Å². The molecule has 0 spiro atoms. The van der Waals surface area contributed by atoms with Gasteiger partial charge in [-0.2, -0.15) is 15.4 Å². The number of fused-ring (bicyclic) bond motifs is 1. The highest BCUT2D eigenvalue weighted by atomic mass is 16.1. The van der Waals surface area contributed by atoms with Gasteiger partial charge in [-0.3, -0.25) is 4.79 Å². The largest absolute Gasteiger partial charge is 0.324 e. The van der Waals surface area contributed by atoms with Crippen LogP contribution >= 0.6 is 0 Å². The Kier molecular flexibility index (Phi) is 2.68. The first-order valence-electron chi connectivity index (χ1n) is 4.93. The number of aromatic nitrogens is 3. The highest BCUT2D eigenvalue weighted by Crippen LogP contribution is 2.25. The van der Waals surface area contributed by atoms with Crippen LogP contribution in [0.4, 0.5) is 5.69 Å². The summed E-state index contributed by atoms with van der Waals surface area (Å²) in [5.41, 5.74) is 3.09. The molecule has 0 aliphatic rings. The average molecular weight is 216 g/mol. The van der Waals surface area contributed by atoms with E-state index in [9.17, 15) is 4.79 Å². The van der Waals surface area contributed by atoms with E-state index >= 15 is 0 Å². The van der Waals surface area contributed by atoms with Gasteiger partial charge in [0.2, 0.25) is 5.91 Å². The maximum Gasteiger partial charge on any atom is 0.221 e. The number of nitrogens with one attached hydrogen (secondary N) is 2. The second kappa shape index (κ2) is 4.14. The van der Waals surface area contributed by atoms with E-state index in [-0.39, 0.29) is 5.91 Å². The topological polar surface area (TPSA) is 70.7 Å². The van der Waals surface area contributed by atoms with Gasteiger partial charge < -0.3 is 5.32 Å². The third-order valence-electron chi connectivity index (χ3n) is 2.24. The Hall–Kier alpha value is -2.17. The average Bonchev–Trinajstić information content (AvgIpc) is 2.69. The third-order valence-corrected chi connectivity index (χ3v) is 2.24. The van der Waals surface area contributed by atoms with Crippen molar-refractivity contribution in [3.8, 4) is 0 Å². The van der Waals surface area contributed by atoms with Crippen molar-refractivity contribution in [1.82, 2.24) is 15.4 Å². The molecule has 2 rings (SSSR count). The summed E-state index contributed by atoms with van der Waals surface area (Å²) >= 11 is 0. The Bertz CT molecular complexity index is 544. The maximum absolute atomic E-state index is 11.1. The van der Waals surface area contributed by atoms with Gasteiger partial charge in [-0.25, -0.2) is 0 Å². The van der Waals surface area contributed by atoms with Crippen LogP contribution in [0.25, 0.3) is 11.0 Å². The molecule has 1 heterocycles. The molecule has 0 bridgehead atoms. The summed E-state index contributed by atoms with van der Waals surface area (Å²) in [5, 5.41) is 13.3. The van der Waals surface area contributed by atoms with Gasteiger partial charge in [0.05, 0.1) is 5.69 Å². The number of carbonyl (C=O) groups is 1. The van der Waals surface area contributed by atoms with Crippen molar-refractivity contribution < 1.29 is 4.79 Å². The molecule has 16 heavy (non-hydrogen) atoms. The number of hydrogen-bond donors (Lipinski definition) is 2. The number of H-pyrrole nitrogens is 1. The molecule has 5 heteroatoms. The van der Waals surface area contributed by atoms with Crippen LogP contribution in [-0.2, 0) is 11.2 Å². The lowest BCUT2D eigenvalue weighted by Gasteiger charge is -2.08. The fourth-order valence-electron chi connectivity index (χ4n) is 1.60. The SMILES string of the molecule is C=CCc1ccc2n[nH]nc2c1NC(C)=O. The van der Waals surface area contributed by atoms with Crippen molar-refractivity contribution in [1.29, 1.82) is 0 Å². The molecule has 0 unspecified atom stereocenters. The molecule has 2 N–H and O–H groups in total. The van der Waals surface area contributed by atoms with Crippen LogP contribution in [0.15, 0.2) is 24.8 Å². The second-order valence-corrected chi connectivity index (χ2v) is 3.47. The van der Waals surface area contributed by atoms with Gasteiger partial charge in [0.25, 0.3) is 0 Å². The smallest absolute Gasteiger partial charge is 0.221 e. The lowest BCUT2D eigenvalue weighted by molar-refractivity contribution is -0.114. The minimum atomic E-state index is -0.124. The van der Waals surface area contributed by atoms with Crippen LogP contribution in [0.5, 0.6) is 0 Å². The van der Waals surface area contributed by atoms with Crippen molar-refractivity contribution in [2.45, 2.75) is 13.3 Å². The molecule has 1 amide bonds. The summed E-state index contributed by atoms with van der Waals surface area (Å²) in [6.45, 7) is 5.16. The number of hydrogen-bond acceptors (Lipinski definition) is 3. The van der Waals surface area contributed by atoms with E-state index in [1.54, 1.807) is 6.08 Å². The number of allylic oxidation sites excluding steroid dienone is 1. The van der Waals surface area contributed by atoms with Crippen molar-refractivity contribution in [2.24, 2.45) is 0 Å². The Morgan fingerprint density at radius 3 is 3.06 bits per heavy atom. The fraction of sp³-hybridized carbons (Fsp3) is 0.182. The van der Waals surface area contributed by atoms with Gasteiger partial charge in [0.15, 0.2) is 0 Å². The molecule has 0 aliphatic carbocycles. The molecule has 0 atom stereocenters. The minimum absolute atomic E-state index is 0.124. The molecule has 0 fully saturated rings. The predicted octanol–water partition coefficient (Wildman–Crippen LogP) is 1.64. The minimum Gasteiger partial charge on any atom is -0.324 e. The summed E-state index contributed by atoms with van der Waals surface area (Å²) in [6.07, 6.45) is 2.46. The second-order valence-electron chi connectivity index (χ2n) is 3.47. The van der Waals surface area contributed by atoms with Crippen LogP contribution in [0.3, 0.4) is 0 Å². The van der Waals surface area contributed by atoms with Crippen LogP contribution in [-0.4, -0.2) is 21.3 Å². The molecule has 1 aromatic heterocycles. The number of aromatic amines is 1. The van der Waals surface area contributed by atoms with Gasteiger partial charge in [-0.05, 0) is 18.1 Å². The Morgan fingerprint density at radius 1 is 1.56 bits per heavy atom. The molecule has 1 aromatic carbocycles. The number of benzene rings is 1. The summed E-state index contributed by atoms with van der Waals surface area (Å²) < 4.78 is 0. The maximum atomic E-state index is 11.1. The molecule has 5 nitrogen and oxygen atoms in total. The summed E-state index contributed by atoms with van der Waals surface area (Å²) in [5.74, 6) is -0.124. The molecular weight excluding hydrogens is 204 g/mol. The van der Waals surface area contributed by atoms with E-state index in [2.05, 4.69) is 27.3 Å². The van der Waals surface area contributed by atoms with Crippen molar-refractivity contribution in [2.75, 3.05) is 5.32 Å². The zero-order valence-corrected chi connectivity index (χ0v) is 8.95. The van der Waals surface area contributed by atoms with Crippen LogP contribution < -0.4 is 5.32 Å². The lowest BCUT2D eigenvalue weighted by atomic mass is 10.1. The normalized spacial score (nSPS) is 10.3. The zero-order valence-electron chi connectivity index (χ0n) is 8.95. The lowest BCUT2D eigenvalue weighted by Crippen LogP contribution is -2.08. The first-order chi connectivity index (χ1) is 7.72. The number of carbonyl (C=O) groups excluding carboxylic acids is 1. The first kappa shape index (κ1) is 10.4. The van der Waals surface area contributed by atoms with Gasteiger partial charge in [0.1, 0.15) is 11.0 Å². The predicted molar refractivity (Wildman–Crippen MR) is 62.1 cm³/mol. The summed E-state index contributed by atoms with van der Waals surface area (Å²) in [4.78, 5) is 11.1. The van der Waals surface area contributed by atoms with E-state index in [0.717, 1.165) is 11.1 Å². The van der Waals surface area contributed by atoms with Crippen LogP contribution in [0.2, 0.25) is 0 Å². The third kappa shape index (κ3) is 1.79. The van der Waals surface area contributed by atoms with E-state index in [1.807, 2.05) is 12.1 Å². The molecule has 0 aliphatic heterocycles. The Balaban J connectivity index is 2.59. The highest BCUT2D eigenvalue weighted by molar-refractivity contribution is 5.99. The van der Waals surface area contributed by atoms with Gasteiger partial charge in [-0.15, -0.1) is 6.58 Å². The van der Waals surface area contributed by atoms with Crippen LogP contribution in [0.1, 0.15) is 12.5 Å². The number of nitrogens with zero attached hydrogens (tertiary/aromatic N) is 2. The summed E-state index contributed by atoms with van der Waals surface area (Å²) in [6, 6.07) is 3.78. The molecule has 0 saturated heterocycles. The monoisotopic (exact) mass is 216 g/mol. The van der Waals surface area contributed by atoms with E-state index < -0.39 is 0 Å². The first-order valence-corrected chi connectivity index (χ1v) is 4.93. The molecule has 0 radical (unpaired) electrons. The number of amides is 1. The number of rotatable bonds is 3. The van der Waals surface area contributed by atoms with Gasteiger partial charge >= 0.3 is 0 Å². The van der Waals surface area contributed by atoms with Gasteiger partial charge in [0, 0.05) is 6.92 Å². The molecule has 82 valence electrons. The molecular formula is C11H12N4O. The Morgan fingerprint density at radius 2 is 2.38 bits per heavy atom. The van der Waals surface area contributed by atoms with Crippen molar-refractivity contribution in [3.63, 3.8) is 0 Å². The van der Waals surface area contributed by atoms with E-state index in [1.165, 1.54) is 6.92 Å². The zero-order chi connectivity index (χ0) is 11.5. The molecule has 2 aromatic rings. The standard InChI is InChI=1S/C11H12N4O/c1-3-4-8-5-6-9-11(14-15-13-9)10(8)12-7(2)16/h3,5-6H,1,4H2,2H3,(H,12,16)(H,13,14,15). The van der Waals surface area contributed by atoms with Gasteiger partial charge in [-0.1, -0.05) is 12.1 Å². The van der Waals surface area contributed by atoms with Crippen molar-refractivity contribution >= 4 is 22.6 Å². The summed E-state index contributed by atoms with van der Waals surface area (Å²) in [7, 11) is 0.